The predicted octanol–water partition coefficient (Wildman–Crippen LogP) is 3.70. The van der Waals surface area contributed by atoms with E-state index in [2.05, 4.69) is 34.1 Å². The number of hydrogen-bond acceptors (Lipinski definition) is 2. The Balaban J connectivity index is 1.71. The molecule has 0 spiro atoms. The van der Waals surface area contributed by atoms with E-state index >= 15 is 0 Å². The highest BCUT2D eigenvalue weighted by Gasteiger charge is 2.31. The molecule has 0 radical (unpaired) electrons. The van der Waals surface area contributed by atoms with Crippen LogP contribution in [0.5, 0.6) is 5.75 Å². The summed E-state index contributed by atoms with van der Waals surface area (Å²) in [6, 6.07) is 14.3. The first-order valence-corrected chi connectivity index (χ1v) is 7.56. The average molecular weight is 333 g/mol. The maximum atomic E-state index is 10.4. The second-order valence-corrected chi connectivity index (χ2v) is 6.10. The fourth-order valence-corrected chi connectivity index (χ4v) is 3.45. The van der Waals surface area contributed by atoms with Gasteiger partial charge in [0, 0.05) is 5.92 Å². The third-order valence-corrected chi connectivity index (χ3v) is 4.64. The molecule has 0 amide bonds. The van der Waals surface area contributed by atoms with Gasteiger partial charge in [-0.25, -0.2) is 0 Å². The Bertz CT molecular complexity index is 624. The van der Waals surface area contributed by atoms with Gasteiger partial charge in [0.25, 0.3) is 0 Å². The van der Waals surface area contributed by atoms with E-state index in [-0.39, 0.29) is 12.0 Å². The van der Waals surface area contributed by atoms with Gasteiger partial charge in [0.05, 0.1) is 17.7 Å². The van der Waals surface area contributed by atoms with Gasteiger partial charge in [-0.15, -0.1) is 0 Å². The first-order chi connectivity index (χ1) is 9.69. The first-order valence-electron chi connectivity index (χ1n) is 6.77. The monoisotopic (exact) mass is 332 g/mol. The van der Waals surface area contributed by atoms with Crippen LogP contribution in [0.25, 0.3) is 0 Å². The summed E-state index contributed by atoms with van der Waals surface area (Å²) in [6.45, 7) is 0. The minimum atomic E-state index is -0.329. The molecule has 2 atom stereocenters. The molecular formula is C17H17BrO2. The average Bonchev–Trinajstić information content (AvgIpc) is 2.40. The summed E-state index contributed by atoms with van der Waals surface area (Å²) in [6.07, 6.45) is 1.32. The van der Waals surface area contributed by atoms with Gasteiger partial charge in [0.15, 0.2) is 0 Å². The lowest BCUT2D eigenvalue weighted by Gasteiger charge is -2.34. The molecule has 0 heterocycles. The maximum absolute atomic E-state index is 10.4. The quantitative estimate of drug-likeness (QED) is 0.924. The number of ether oxygens (including phenoxy) is 1. The summed E-state index contributed by atoms with van der Waals surface area (Å²) in [5, 5.41) is 10.4. The van der Waals surface area contributed by atoms with Crippen molar-refractivity contribution in [3.05, 3.63) is 63.6 Å². The van der Waals surface area contributed by atoms with Crippen LogP contribution in [0.3, 0.4) is 0 Å². The predicted molar refractivity (Wildman–Crippen MR) is 83.3 cm³/mol. The van der Waals surface area contributed by atoms with Gasteiger partial charge in [-0.1, -0.05) is 30.3 Å². The minimum absolute atomic E-state index is 0.270. The molecule has 2 nitrogen and oxygen atoms in total. The van der Waals surface area contributed by atoms with E-state index in [0.717, 1.165) is 22.2 Å². The second kappa shape index (κ2) is 5.58. The Hall–Kier alpha value is -1.32. The summed E-state index contributed by atoms with van der Waals surface area (Å²) < 4.78 is 6.15. The van der Waals surface area contributed by atoms with Crippen LogP contribution < -0.4 is 4.74 Å². The van der Waals surface area contributed by atoms with Crippen molar-refractivity contribution in [1.82, 2.24) is 0 Å². The van der Waals surface area contributed by atoms with Crippen molar-refractivity contribution in [3.8, 4) is 5.75 Å². The lowest BCUT2D eigenvalue weighted by atomic mass is 9.73. The molecule has 0 saturated carbocycles. The number of aliphatic hydroxyl groups is 1. The normalized spacial score (nSPS) is 18.1. The summed E-state index contributed by atoms with van der Waals surface area (Å²) in [5.41, 5.74) is 3.79. The molecule has 1 aliphatic rings. The lowest BCUT2D eigenvalue weighted by molar-refractivity contribution is 0.133. The van der Waals surface area contributed by atoms with Gasteiger partial charge in [0.1, 0.15) is 5.75 Å². The SMILES string of the molecule is COc1ccc(CC(O)C2Cc3ccccc32)cc1Br. The van der Waals surface area contributed by atoms with Crippen molar-refractivity contribution < 1.29 is 9.84 Å². The smallest absolute Gasteiger partial charge is 0.133 e. The third-order valence-electron chi connectivity index (χ3n) is 4.02. The van der Waals surface area contributed by atoms with Crippen LogP contribution in [-0.4, -0.2) is 18.3 Å². The van der Waals surface area contributed by atoms with Crippen LogP contribution >= 0.6 is 15.9 Å². The van der Waals surface area contributed by atoms with Gasteiger partial charge >= 0.3 is 0 Å². The van der Waals surface area contributed by atoms with Crippen LogP contribution in [0.15, 0.2) is 46.9 Å². The van der Waals surface area contributed by atoms with Crippen molar-refractivity contribution in [2.75, 3.05) is 7.11 Å². The fourth-order valence-electron chi connectivity index (χ4n) is 2.86. The van der Waals surface area contributed by atoms with Gasteiger partial charge in [-0.05, 0) is 57.6 Å². The van der Waals surface area contributed by atoms with E-state index < -0.39 is 0 Å². The van der Waals surface area contributed by atoms with Gasteiger partial charge < -0.3 is 9.84 Å². The largest absolute Gasteiger partial charge is 0.496 e. The summed E-state index contributed by atoms with van der Waals surface area (Å²) >= 11 is 3.48. The molecule has 2 aromatic rings. The van der Waals surface area contributed by atoms with Crippen molar-refractivity contribution in [2.24, 2.45) is 0 Å². The number of hydrogen-bond donors (Lipinski definition) is 1. The zero-order valence-corrected chi connectivity index (χ0v) is 12.9. The van der Waals surface area contributed by atoms with Crippen LogP contribution in [-0.2, 0) is 12.8 Å². The van der Waals surface area contributed by atoms with E-state index in [1.807, 2.05) is 24.3 Å². The number of aliphatic hydroxyl groups excluding tert-OH is 1. The Kier molecular flexibility index (Phi) is 3.81. The Morgan fingerprint density at radius 2 is 2.10 bits per heavy atom. The number of fused-ring (bicyclic) bond motifs is 1. The van der Waals surface area contributed by atoms with Crippen LogP contribution in [0, 0.1) is 0 Å². The number of rotatable bonds is 4. The standard InChI is InChI=1S/C17H17BrO2/c1-20-17-7-6-11(8-15(17)18)9-16(19)14-10-12-4-2-3-5-13(12)14/h2-8,14,16,19H,9-10H2,1H3. The molecule has 0 saturated heterocycles. The lowest BCUT2D eigenvalue weighted by Crippen LogP contribution is -2.30. The minimum Gasteiger partial charge on any atom is -0.496 e. The van der Waals surface area contributed by atoms with Crippen molar-refractivity contribution in [3.63, 3.8) is 0 Å². The molecule has 3 heteroatoms. The van der Waals surface area contributed by atoms with Crippen molar-refractivity contribution >= 4 is 15.9 Å². The van der Waals surface area contributed by atoms with Crippen molar-refractivity contribution in [1.29, 1.82) is 0 Å². The molecule has 0 bridgehead atoms. The fraction of sp³-hybridized carbons (Fsp3) is 0.294. The highest BCUT2D eigenvalue weighted by molar-refractivity contribution is 9.10. The first kappa shape index (κ1) is 13.7. The molecule has 1 N–H and O–H groups in total. The van der Waals surface area contributed by atoms with E-state index in [1.165, 1.54) is 11.1 Å². The van der Waals surface area contributed by atoms with E-state index in [9.17, 15) is 5.11 Å². The van der Waals surface area contributed by atoms with Crippen molar-refractivity contribution in [2.45, 2.75) is 24.9 Å². The number of methoxy groups -OCH3 is 1. The zero-order chi connectivity index (χ0) is 14.1. The molecule has 104 valence electrons. The van der Waals surface area contributed by atoms with Crippen LogP contribution in [0.4, 0.5) is 0 Å². The molecule has 1 aliphatic carbocycles. The number of halogens is 1. The third kappa shape index (κ3) is 2.48. The summed E-state index contributed by atoms with van der Waals surface area (Å²) in [7, 11) is 1.65. The van der Waals surface area contributed by atoms with E-state index in [4.69, 9.17) is 4.74 Å². The topological polar surface area (TPSA) is 29.5 Å². The second-order valence-electron chi connectivity index (χ2n) is 5.25. The Morgan fingerprint density at radius 3 is 2.80 bits per heavy atom. The molecular weight excluding hydrogens is 316 g/mol. The Morgan fingerprint density at radius 1 is 1.30 bits per heavy atom. The van der Waals surface area contributed by atoms with Crippen LogP contribution in [0.1, 0.15) is 22.6 Å². The zero-order valence-electron chi connectivity index (χ0n) is 11.3. The van der Waals surface area contributed by atoms with Gasteiger partial charge in [-0.2, -0.15) is 0 Å². The molecule has 0 fully saturated rings. The summed E-state index contributed by atoms with van der Waals surface area (Å²) in [5.74, 6) is 1.09. The highest BCUT2D eigenvalue weighted by Crippen LogP contribution is 2.38. The molecule has 2 unspecified atom stereocenters. The molecule has 20 heavy (non-hydrogen) atoms. The molecule has 0 aliphatic heterocycles. The maximum Gasteiger partial charge on any atom is 0.133 e. The molecule has 2 aromatic carbocycles. The molecule has 0 aromatic heterocycles. The van der Waals surface area contributed by atoms with Crippen LogP contribution in [0.2, 0.25) is 0 Å². The van der Waals surface area contributed by atoms with Gasteiger partial charge in [-0.3, -0.25) is 0 Å². The Labute approximate surface area is 127 Å². The van der Waals surface area contributed by atoms with E-state index in [1.54, 1.807) is 7.11 Å². The summed E-state index contributed by atoms with van der Waals surface area (Å²) in [4.78, 5) is 0. The van der Waals surface area contributed by atoms with Gasteiger partial charge in [0.2, 0.25) is 0 Å². The van der Waals surface area contributed by atoms with E-state index in [0.29, 0.717) is 6.42 Å². The highest BCUT2D eigenvalue weighted by atomic mass is 79.9. The molecule has 3 rings (SSSR count). The number of benzene rings is 2.